The normalized spacial score (nSPS) is 14.0. The van der Waals surface area contributed by atoms with Gasteiger partial charge in [0, 0.05) is 6.07 Å². The van der Waals surface area contributed by atoms with Gasteiger partial charge in [0.2, 0.25) is 0 Å². The van der Waals surface area contributed by atoms with Crippen LogP contribution < -0.4 is 5.73 Å². The van der Waals surface area contributed by atoms with E-state index in [1.54, 1.807) is 31.2 Å². The van der Waals surface area contributed by atoms with Crippen LogP contribution >= 0.6 is 0 Å². The number of carbonyl (C=O) groups is 3. The van der Waals surface area contributed by atoms with Crippen LogP contribution in [-0.2, 0) is 0 Å². The summed E-state index contributed by atoms with van der Waals surface area (Å²) in [7, 11) is 0. The van der Waals surface area contributed by atoms with Gasteiger partial charge in [0.1, 0.15) is 17.7 Å². The summed E-state index contributed by atoms with van der Waals surface area (Å²) < 4.78 is 0. The molecule has 0 saturated carbocycles. The van der Waals surface area contributed by atoms with E-state index in [9.17, 15) is 14.4 Å². The van der Waals surface area contributed by atoms with E-state index >= 15 is 0 Å². The average molecular weight is 320 g/mol. The number of hydrogen-bond acceptors (Lipinski definition) is 5. The summed E-state index contributed by atoms with van der Waals surface area (Å²) in [6.07, 6.45) is 1.18. The number of hydrogen-bond donors (Lipinski definition) is 1. The Morgan fingerprint density at radius 3 is 2.38 bits per heavy atom. The molecule has 3 amide bonds. The van der Waals surface area contributed by atoms with Crippen LogP contribution in [0, 0.1) is 11.8 Å². The number of nitrogens with zero attached hydrogens (tertiary/aromatic N) is 3. The molecular weight excluding hydrogens is 308 g/mol. The van der Waals surface area contributed by atoms with Gasteiger partial charge in [-0.2, -0.15) is 0 Å². The van der Waals surface area contributed by atoms with Crippen LogP contribution in [0.1, 0.15) is 43.8 Å². The fourth-order valence-electron chi connectivity index (χ4n) is 2.36. The lowest BCUT2D eigenvalue weighted by Crippen LogP contribution is -2.37. The number of fused-ring (bicyclic) bond motifs is 1. The third-order valence-corrected chi connectivity index (χ3v) is 3.54. The van der Waals surface area contributed by atoms with Crippen molar-refractivity contribution in [2.75, 3.05) is 0 Å². The number of amides is 3. The van der Waals surface area contributed by atoms with Crippen LogP contribution in [0.15, 0.2) is 36.7 Å². The SMILES string of the molecule is CC(C#Cc1cc(C(N)=O)ncn1)N1C(=O)c2ccccc2C1=O. The molecule has 1 aliphatic heterocycles. The Bertz CT molecular complexity index is 892. The Hall–Kier alpha value is -3.53. The number of nitrogens with two attached hydrogens (primary N) is 1. The van der Waals surface area contributed by atoms with Crippen LogP contribution in [-0.4, -0.2) is 38.6 Å². The Morgan fingerprint density at radius 2 is 1.79 bits per heavy atom. The lowest BCUT2D eigenvalue weighted by atomic mass is 10.1. The first kappa shape index (κ1) is 15.4. The molecule has 0 fully saturated rings. The van der Waals surface area contributed by atoms with Crippen LogP contribution in [0.25, 0.3) is 0 Å². The fourth-order valence-corrected chi connectivity index (χ4v) is 2.36. The van der Waals surface area contributed by atoms with E-state index in [1.807, 2.05) is 0 Å². The first-order valence-electron chi connectivity index (χ1n) is 7.09. The standard InChI is InChI=1S/C17H12N4O3/c1-10(6-7-11-8-14(15(18)22)20-9-19-11)21-16(23)12-4-2-3-5-13(12)17(21)24/h2-5,8-10H,1H3,(H2,18,22). The zero-order chi connectivity index (χ0) is 17.3. The number of rotatable bonds is 2. The molecule has 7 nitrogen and oxygen atoms in total. The fraction of sp³-hybridized carbons (Fsp3) is 0.118. The maximum atomic E-state index is 12.4. The van der Waals surface area contributed by atoms with Crippen molar-refractivity contribution in [2.45, 2.75) is 13.0 Å². The second kappa shape index (κ2) is 5.93. The molecule has 7 heteroatoms. The van der Waals surface area contributed by atoms with E-state index in [-0.39, 0.29) is 23.2 Å². The minimum Gasteiger partial charge on any atom is -0.364 e. The van der Waals surface area contributed by atoms with Crippen LogP contribution in [0.2, 0.25) is 0 Å². The number of carbonyl (C=O) groups excluding carboxylic acids is 3. The lowest BCUT2D eigenvalue weighted by molar-refractivity contribution is 0.0630. The smallest absolute Gasteiger partial charge is 0.267 e. The van der Waals surface area contributed by atoms with Gasteiger partial charge in [-0.3, -0.25) is 19.3 Å². The number of imide groups is 1. The van der Waals surface area contributed by atoms with E-state index in [4.69, 9.17) is 5.73 Å². The van der Waals surface area contributed by atoms with E-state index < -0.39 is 11.9 Å². The molecule has 2 N–H and O–H groups in total. The highest BCUT2D eigenvalue weighted by Crippen LogP contribution is 2.24. The highest BCUT2D eigenvalue weighted by Gasteiger charge is 2.37. The zero-order valence-corrected chi connectivity index (χ0v) is 12.7. The highest BCUT2D eigenvalue weighted by molar-refractivity contribution is 6.21. The van der Waals surface area contributed by atoms with Gasteiger partial charge in [0.25, 0.3) is 17.7 Å². The summed E-state index contributed by atoms with van der Waals surface area (Å²) in [5.41, 5.74) is 6.21. The second-order valence-corrected chi connectivity index (χ2v) is 5.12. The summed E-state index contributed by atoms with van der Waals surface area (Å²) in [6.45, 7) is 1.64. The molecule has 118 valence electrons. The first-order valence-corrected chi connectivity index (χ1v) is 7.09. The number of primary amides is 1. The topological polar surface area (TPSA) is 106 Å². The molecule has 24 heavy (non-hydrogen) atoms. The van der Waals surface area contributed by atoms with Gasteiger partial charge in [0.05, 0.1) is 17.2 Å². The van der Waals surface area contributed by atoms with Crippen molar-refractivity contribution in [1.82, 2.24) is 14.9 Å². The van der Waals surface area contributed by atoms with Gasteiger partial charge in [-0.25, -0.2) is 9.97 Å². The van der Waals surface area contributed by atoms with E-state index in [0.717, 1.165) is 4.90 Å². The quantitative estimate of drug-likeness (QED) is 0.644. The molecule has 0 bridgehead atoms. The maximum Gasteiger partial charge on any atom is 0.267 e. The Morgan fingerprint density at radius 1 is 1.17 bits per heavy atom. The summed E-state index contributed by atoms with van der Waals surface area (Å²) in [5.74, 6) is 4.08. The molecule has 0 saturated heterocycles. The first-order chi connectivity index (χ1) is 11.5. The van der Waals surface area contributed by atoms with Gasteiger partial charge in [-0.1, -0.05) is 18.1 Å². The van der Waals surface area contributed by atoms with Crippen molar-refractivity contribution in [1.29, 1.82) is 0 Å². The minimum absolute atomic E-state index is 0.0442. The molecule has 1 aromatic carbocycles. The maximum absolute atomic E-state index is 12.4. The van der Waals surface area contributed by atoms with Crippen molar-refractivity contribution in [2.24, 2.45) is 5.73 Å². The van der Waals surface area contributed by atoms with Crippen molar-refractivity contribution < 1.29 is 14.4 Å². The molecule has 0 spiro atoms. The summed E-state index contributed by atoms with van der Waals surface area (Å²) >= 11 is 0. The molecule has 2 aromatic rings. The predicted octanol–water partition coefficient (Wildman–Crippen LogP) is 0.612. The molecule has 1 unspecified atom stereocenters. The van der Waals surface area contributed by atoms with Gasteiger partial charge in [-0.05, 0) is 25.0 Å². The monoisotopic (exact) mass is 320 g/mol. The van der Waals surface area contributed by atoms with E-state index in [2.05, 4.69) is 21.8 Å². The summed E-state index contributed by atoms with van der Waals surface area (Å²) in [4.78, 5) is 44.6. The molecule has 3 rings (SSSR count). The van der Waals surface area contributed by atoms with Crippen molar-refractivity contribution in [3.8, 4) is 11.8 Å². The zero-order valence-electron chi connectivity index (χ0n) is 12.7. The van der Waals surface area contributed by atoms with Crippen molar-refractivity contribution in [3.05, 3.63) is 59.2 Å². The molecule has 1 aliphatic rings. The van der Waals surface area contributed by atoms with Gasteiger partial charge in [0.15, 0.2) is 0 Å². The Balaban J connectivity index is 1.86. The lowest BCUT2D eigenvalue weighted by Gasteiger charge is -2.17. The molecule has 0 aliphatic carbocycles. The Labute approximate surface area is 137 Å². The van der Waals surface area contributed by atoms with Gasteiger partial charge in [-0.15, -0.1) is 0 Å². The van der Waals surface area contributed by atoms with E-state index in [1.165, 1.54) is 12.4 Å². The Kier molecular flexibility index (Phi) is 3.80. The molecular formula is C17H12N4O3. The summed E-state index contributed by atoms with van der Waals surface area (Å²) in [6, 6.07) is 7.33. The predicted molar refractivity (Wildman–Crippen MR) is 83.8 cm³/mol. The molecule has 1 aromatic heterocycles. The van der Waals surface area contributed by atoms with Crippen LogP contribution in [0.4, 0.5) is 0 Å². The molecule has 1 atom stereocenters. The third-order valence-electron chi connectivity index (χ3n) is 3.54. The van der Waals surface area contributed by atoms with Crippen LogP contribution in [0.5, 0.6) is 0 Å². The minimum atomic E-state index is -0.686. The molecule has 2 heterocycles. The largest absolute Gasteiger partial charge is 0.364 e. The highest BCUT2D eigenvalue weighted by atomic mass is 16.2. The van der Waals surface area contributed by atoms with Crippen LogP contribution in [0.3, 0.4) is 0 Å². The second-order valence-electron chi connectivity index (χ2n) is 5.12. The van der Waals surface area contributed by atoms with Crippen molar-refractivity contribution in [3.63, 3.8) is 0 Å². The van der Waals surface area contributed by atoms with Crippen molar-refractivity contribution >= 4 is 17.7 Å². The summed E-state index contributed by atoms with van der Waals surface area (Å²) in [5, 5.41) is 0. The number of benzene rings is 1. The van der Waals surface area contributed by atoms with Gasteiger partial charge < -0.3 is 5.73 Å². The third kappa shape index (κ3) is 2.61. The number of aromatic nitrogens is 2. The van der Waals surface area contributed by atoms with E-state index in [0.29, 0.717) is 11.1 Å². The molecule has 0 radical (unpaired) electrons. The van der Waals surface area contributed by atoms with Gasteiger partial charge >= 0.3 is 0 Å². The average Bonchev–Trinajstić information content (AvgIpc) is 2.84.